The molecule has 103 valence electrons. The van der Waals surface area contributed by atoms with Crippen LogP contribution in [0.1, 0.15) is 38.2 Å². The van der Waals surface area contributed by atoms with E-state index in [2.05, 4.69) is 50.4 Å². The Morgan fingerprint density at radius 1 is 1.26 bits per heavy atom. The predicted molar refractivity (Wildman–Crippen MR) is 84.8 cm³/mol. The van der Waals surface area contributed by atoms with Crippen LogP contribution in [0.15, 0.2) is 29.6 Å². The highest BCUT2D eigenvalue weighted by Gasteiger charge is 2.07. The highest BCUT2D eigenvalue weighted by molar-refractivity contribution is 7.17. The van der Waals surface area contributed by atoms with Crippen LogP contribution in [0.4, 0.5) is 0 Å². The Morgan fingerprint density at radius 2 is 2.11 bits per heavy atom. The van der Waals surface area contributed by atoms with Gasteiger partial charge >= 0.3 is 0 Å². The van der Waals surface area contributed by atoms with Gasteiger partial charge in [0.25, 0.3) is 0 Å². The second-order valence-corrected chi connectivity index (χ2v) is 6.39. The normalized spacial score (nSPS) is 13.3. The van der Waals surface area contributed by atoms with Crippen molar-refractivity contribution in [2.75, 3.05) is 13.2 Å². The Labute approximate surface area is 120 Å². The van der Waals surface area contributed by atoms with E-state index >= 15 is 0 Å². The van der Waals surface area contributed by atoms with Gasteiger partial charge in [0, 0.05) is 17.9 Å². The van der Waals surface area contributed by atoms with Crippen LogP contribution in [0.3, 0.4) is 0 Å². The molecule has 1 radical (unpaired) electrons. The number of hydrogen-bond donors (Lipinski definition) is 0. The maximum atomic E-state index is 5.58. The summed E-state index contributed by atoms with van der Waals surface area (Å²) in [5, 5.41) is 3.53. The van der Waals surface area contributed by atoms with E-state index < -0.39 is 0 Å². The maximum Gasteiger partial charge on any atom is 0.0491 e. The van der Waals surface area contributed by atoms with Gasteiger partial charge in [-0.1, -0.05) is 26.0 Å². The van der Waals surface area contributed by atoms with Crippen molar-refractivity contribution in [3.63, 3.8) is 0 Å². The van der Waals surface area contributed by atoms with Gasteiger partial charge in [0.1, 0.15) is 0 Å². The fourth-order valence-corrected chi connectivity index (χ4v) is 3.01. The van der Waals surface area contributed by atoms with Crippen LogP contribution in [0.25, 0.3) is 10.1 Å². The molecule has 2 rings (SSSR count). The fraction of sp³-hybridized carbons (Fsp3) is 0.471. The fourth-order valence-electron chi connectivity index (χ4n) is 2.23. The van der Waals surface area contributed by atoms with Gasteiger partial charge in [-0.05, 0) is 60.1 Å². The van der Waals surface area contributed by atoms with E-state index in [9.17, 15) is 0 Å². The highest BCUT2D eigenvalue weighted by atomic mass is 32.1. The van der Waals surface area contributed by atoms with Crippen LogP contribution in [-0.4, -0.2) is 13.2 Å². The molecule has 0 saturated heterocycles. The minimum atomic E-state index is 0.387. The SMILES string of the molecule is [CH2]C(C)COCCCC(C)c1ccc2sccc2c1. The Kier molecular flexibility index (Phi) is 5.41. The van der Waals surface area contributed by atoms with E-state index in [0.717, 1.165) is 19.6 Å². The molecule has 2 unspecified atom stereocenters. The van der Waals surface area contributed by atoms with Gasteiger partial charge in [0.2, 0.25) is 0 Å². The Bertz CT molecular complexity index is 501. The van der Waals surface area contributed by atoms with Gasteiger partial charge in [-0.25, -0.2) is 0 Å². The van der Waals surface area contributed by atoms with Crippen molar-refractivity contribution in [3.8, 4) is 0 Å². The first-order valence-electron chi connectivity index (χ1n) is 7.05. The lowest BCUT2D eigenvalue weighted by Gasteiger charge is -2.12. The number of rotatable bonds is 7. The lowest BCUT2D eigenvalue weighted by atomic mass is 9.95. The van der Waals surface area contributed by atoms with E-state index in [0.29, 0.717) is 11.8 Å². The van der Waals surface area contributed by atoms with Gasteiger partial charge in [0.15, 0.2) is 0 Å². The summed E-state index contributed by atoms with van der Waals surface area (Å²) in [6.45, 7) is 9.93. The second kappa shape index (κ2) is 7.06. The van der Waals surface area contributed by atoms with Crippen LogP contribution in [0.2, 0.25) is 0 Å². The molecule has 2 heteroatoms. The first kappa shape index (κ1) is 14.5. The molecule has 1 aromatic carbocycles. The number of ether oxygens (including phenoxy) is 1. The summed E-state index contributed by atoms with van der Waals surface area (Å²) in [6, 6.07) is 9.04. The van der Waals surface area contributed by atoms with E-state index in [1.807, 2.05) is 11.3 Å². The molecule has 0 aliphatic heterocycles. The summed E-state index contributed by atoms with van der Waals surface area (Å²) in [6.07, 6.45) is 2.30. The van der Waals surface area contributed by atoms with Crippen molar-refractivity contribution >= 4 is 21.4 Å². The molecule has 0 aliphatic rings. The molecule has 0 N–H and O–H groups in total. The molecule has 0 aliphatic carbocycles. The third-order valence-electron chi connectivity index (χ3n) is 3.37. The molecule has 0 spiro atoms. The van der Waals surface area contributed by atoms with Crippen molar-refractivity contribution < 1.29 is 4.74 Å². The minimum Gasteiger partial charge on any atom is -0.381 e. The molecule has 1 nitrogen and oxygen atoms in total. The van der Waals surface area contributed by atoms with E-state index in [1.165, 1.54) is 22.1 Å². The third-order valence-corrected chi connectivity index (χ3v) is 4.27. The van der Waals surface area contributed by atoms with Crippen molar-refractivity contribution in [2.45, 2.75) is 32.6 Å². The Hall–Kier alpha value is -0.860. The highest BCUT2D eigenvalue weighted by Crippen LogP contribution is 2.27. The van der Waals surface area contributed by atoms with Crippen LogP contribution in [-0.2, 0) is 4.74 Å². The largest absolute Gasteiger partial charge is 0.381 e. The van der Waals surface area contributed by atoms with Crippen molar-refractivity contribution in [2.24, 2.45) is 5.92 Å². The first-order chi connectivity index (χ1) is 9.16. The molecular weight excluding hydrogens is 252 g/mol. The average Bonchev–Trinajstić information content (AvgIpc) is 2.84. The molecule has 2 atom stereocenters. The van der Waals surface area contributed by atoms with Crippen LogP contribution in [0, 0.1) is 12.8 Å². The molecule has 1 heterocycles. The predicted octanol–water partition coefficient (Wildman–Crippen LogP) is 5.27. The molecular formula is C17H23OS. The maximum absolute atomic E-state index is 5.58. The lowest BCUT2D eigenvalue weighted by Crippen LogP contribution is -2.04. The molecule has 0 saturated carbocycles. The minimum absolute atomic E-state index is 0.387. The monoisotopic (exact) mass is 275 g/mol. The molecule has 0 amide bonds. The molecule has 0 fully saturated rings. The summed E-state index contributed by atoms with van der Waals surface area (Å²) < 4.78 is 6.96. The Balaban J connectivity index is 1.80. The van der Waals surface area contributed by atoms with Crippen molar-refractivity contribution in [1.29, 1.82) is 0 Å². The zero-order valence-corrected chi connectivity index (χ0v) is 12.7. The summed E-state index contributed by atoms with van der Waals surface area (Å²) in [7, 11) is 0. The van der Waals surface area contributed by atoms with Crippen LogP contribution in [0.5, 0.6) is 0 Å². The molecule has 19 heavy (non-hydrogen) atoms. The zero-order chi connectivity index (χ0) is 13.7. The summed E-state index contributed by atoms with van der Waals surface area (Å²) in [5.41, 5.74) is 1.44. The number of benzene rings is 1. The lowest BCUT2D eigenvalue weighted by molar-refractivity contribution is 0.112. The second-order valence-electron chi connectivity index (χ2n) is 5.44. The molecule has 1 aromatic heterocycles. The van der Waals surface area contributed by atoms with Crippen molar-refractivity contribution in [1.82, 2.24) is 0 Å². The van der Waals surface area contributed by atoms with E-state index in [-0.39, 0.29) is 0 Å². The summed E-state index contributed by atoms with van der Waals surface area (Å²) in [5.74, 6) is 0.989. The Morgan fingerprint density at radius 3 is 2.89 bits per heavy atom. The number of fused-ring (bicyclic) bond motifs is 1. The van der Waals surface area contributed by atoms with Gasteiger partial charge in [-0.3, -0.25) is 0 Å². The third kappa shape index (κ3) is 4.32. The summed E-state index contributed by atoms with van der Waals surface area (Å²) >= 11 is 1.81. The van der Waals surface area contributed by atoms with Crippen LogP contribution >= 0.6 is 11.3 Å². The molecule has 0 bridgehead atoms. The number of thiophene rings is 1. The average molecular weight is 275 g/mol. The van der Waals surface area contributed by atoms with Crippen LogP contribution < -0.4 is 0 Å². The van der Waals surface area contributed by atoms with Gasteiger partial charge in [0.05, 0.1) is 0 Å². The van der Waals surface area contributed by atoms with E-state index in [1.54, 1.807) is 0 Å². The quantitative estimate of drug-likeness (QED) is 0.625. The van der Waals surface area contributed by atoms with Gasteiger partial charge in [-0.2, -0.15) is 0 Å². The standard InChI is InChI=1S/C17H23OS/c1-13(2)12-18-9-4-5-14(3)15-6-7-17-16(11-15)8-10-19-17/h6-8,10-11,13-14H,1,4-5,9,12H2,2-3H3. The summed E-state index contributed by atoms with van der Waals surface area (Å²) in [4.78, 5) is 0. The van der Waals surface area contributed by atoms with E-state index in [4.69, 9.17) is 4.74 Å². The zero-order valence-electron chi connectivity index (χ0n) is 11.9. The first-order valence-corrected chi connectivity index (χ1v) is 7.92. The molecule has 2 aromatic rings. The topological polar surface area (TPSA) is 9.23 Å². The smallest absolute Gasteiger partial charge is 0.0491 e. The van der Waals surface area contributed by atoms with Crippen molar-refractivity contribution in [3.05, 3.63) is 42.1 Å². The van der Waals surface area contributed by atoms with Gasteiger partial charge < -0.3 is 4.74 Å². The number of hydrogen-bond acceptors (Lipinski definition) is 2. The van der Waals surface area contributed by atoms with Gasteiger partial charge in [-0.15, -0.1) is 11.3 Å².